The molecule has 2 fully saturated rings. The Bertz CT molecular complexity index is 725. The zero-order valence-electron chi connectivity index (χ0n) is 15.3. The lowest BCUT2D eigenvalue weighted by molar-refractivity contribution is -0.0805. The van der Waals surface area contributed by atoms with Crippen molar-refractivity contribution in [3.8, 4) is 0 Å². The third-order valence-corrected chi connectivity index (χ3v) is 5.34. The van der Waals surface area contributed by atoms with E-state index in [4.69, 9.17) is 9.26 Å². The van der Waals surface area contributed by atoms with Crippen molar-refractivity contribution in [2.75, 3.05) is 19.7 Å². The number of fused-ring (bicyclic) bond motifs is 1. The summed E-state index contributed by atoms with van der Waals surface area (Å²) in [5, 5.41) is 8.73. The average Bonchev–Trinajstić information content (AvgIpc) is 3.20. The van der Waals surface area contributed by atoms with Crippen LogP contribution in [0.2, 0.25) is 0 Å². The fourth-order valence-electron chi connectivity index (χ4n) is 4.05. The molecule has 0 spiro atoms. The maximum atomic E-state index is 6.01. The number of hydrogen-bond donors (Lipinski definition) is 0. The van der Waals surface area contributed by atoms with Crippen molar-refractivity contribution >= 4 is 0 Å². The van der Waals surface area contributed by atoms with Gasteiger partial charge in [0.15, 0.2) is 0 Å². The molecule has 2 aliphatic heterocycles. The number of hydrogen-bond acceptors (Lipinski definition) is 6. The van der Waals surface area contributed by atoms with Gasteiger partial charge in [0.2, 0.25) is 11.7 Å². The molecule has 0 amide bonds. The van der Waals surface area contributed by atoms with Crippen LogP contribution < -0.4 is 0 Å². The molecule has 0 bridgehead atoms. The Hall–Kier alpha value is -1.73. The lowest BCUT2D eigenvalue weighted by atomic mass is 10.0. The predicted octanol–water partition coefficient (Wildman–Crippen LogP) is 2.61. The molecule has 136 valence electrons. The lowest BCUT2D eigenvalue weighted by Crippen LogP contribution is -2.49. The Labute approximate surface area is 148 Å². The van der Waals surface area contributed by atoms with Gasteiger partial charge in [-0.1, -0.05) is 11.6 Å². The van der Waals surface area contributed by atoms with Crippen molar-refractivity contribution in [2.24, 2.45) is 0 Å². The van der Waals surface area contributed by atoms with E-state index in [0.717, 1.165) is 31.1 Å². The molecule has 4 heterocycles. The van der Waals surface area contributed by atoms with Gasteiger partial charge in [0, 0.05) is 24.7 Å². The van der Waals surface area contributed by atoms with Crippen molar-refractivity contribution in [2.45, 2.75) is 64.6 Å². The monoisotopic (exact) mass is 345 g/mol. The first-order chi connectivity index (χ1) is 12.1. The SMILES string of the molecule is Cc1cc(C)n(C(C)Cc2nc([C@H]3CN4CCCCC4CO3)no2)n1. The van der Waals surface area contributed by atoms with Crippen LogP contribution in [0.15, 0.2) is 10.6 Å². The summed E-state index contributed by atoms with van der Waals surface area (Å²) in [4.78, 5) is 7.12. The summed E-state index contributed by atoms with van der Waals surface area (Å²) in [5.74, 6) is 1.33. The van der Waals surface area contributed by atoms with Gasteiger partial charge in [0.05, 0.1) is 18.3 Å². The molecule has 3 atom stereocenters. The molecular formula is C18H27N5O2. The highest BCUT2D eigenvalue weighted by molar-refractivity contribution is 5.08. The van der Waals surface area contributed by atoms with E-state index in [1.165, 1.54) is 19.3 Å². The number of piperidine rings is 1. The standard InChI is InChI=1S/C18H27N5O2/c1-12-8-13(2)23(20-12)14(3)9-17-19-18(21-25-17)16-10-22-7-5-4-6-15(22)11-24-16/h8,14-16H,4-7,9-11H2,1-3H3/t14?,15?,16-/m1/s1. The molecule has 0 aromatic carbocycles. The van der Waals surface area contributed by atoms with Crippen molar-refractivity contribution in [3.63, 3.8) is 0 Å². The van der Waals surface area contributed by atoms with Crippen LogP contribution >= 0.6 is 0 Å². The van der Waals surface area contributed by atoms with E-state index >= 15 is 0 Å². The zero-order chi connectivity index (χ0) is 17.4. The van der Waals surface area contributed by atoms with Gasteiger partial charge in [-0.2, -0.15) is 10.1 Å². The minimum Gasteiger partial charge on any atom is -0.367 e. The van der Waals surface area contributed by atoms with Crippen molar-refractivity contribution in [1.29, 1.82) is 0 Å². The number of morpholine rings is 1. The maximum Gasteiger partial charge on any atom is 0.228 e. The summed E-state index contributed by atoms with van der Waals surface area (Å²) < 4.78 is 13.5. The molecular weight excluding hydrogens is 318 g/mol. The summed E-state index contributed by atoms with van der Waals surface area (Å²) in [5.41, 5.74) is 2.18. The minimum atomic E-state index is -0.0733. The molecule has 2 saturated heterocycles. The van der Waals surface area contributed by atoms with Crippen LogP contribution in [0.4, 0.5) is 0 Å². The second kappa shape index (κ2) is 6.88. The molecule has 2 aliphatic rings. The summed E-state index contributed by atoms with van der Waals surface area (Å²) in [6, 6.07) is 2.84. The third-order valence-electron chi connectivity index (χ3n) is 5.34. The first-order valence-electron chi connectivity index (χ1n) is 9.31. The van der Waals surface area contributed by atoms with E-state index in [2.05, 4.69) is 40.1 Å². The Morgan fingerprint density at radius 3 is 3.00 bits per heavy atom. The van der Waals surface area contributed by atoms with Crippen LogP contribution in [0.1, 0.15) is 61.4 Å². The molecule has 25 heavy (non-hydrogen) atoms. The molecule has 0 saturated carbocycles. The normalized spacial score (nSPS) is 25.7. The van der Waals surface area contributed by atoms with Crippen molar-refractivity contribution < 1.29 is 9.26 Å². The van der Waals surface area contributed by atoms with Gasteiger partial charge in [-0.05, 0) is 46.2 Å². The smallest absolute Gasteiger partial charge is 0.228 e. The van der Waals surface area contributed by atoms with E-state index in [0.29, 0.717) is 24.2 Å². The summed E-state index contributed by atoms with van der Waals surface area (Å²) in [6.07, 6.45) is 4.43. The highest BCUT2D eigenvalue weighted by atomic mass is 16.5. The second-order valence-electron chi connectivity index (χ2n) is 7.44. The van der Waals surface area contributed by atoms with Crippen LogP contribution in [0, 0.1) is 13.8 Å². The molecule has 7 heteroatoms. The first-order valence-corrected chi connectivity index (χ1v) is 9.31. The Balaban J connectivity index is 1.41. The highest BCUT2D eigenvalue weighted by Crippen LogP contribution is 2.28. The summed E-state index contributed by atoms with van der Waals surface area (Å²) >= 11 is 0. The van der Waals surface area contributed by atoms with Gasteiger partial charge in [0.25, 0.3) is 0 Å². The first kappa shape index (κ1) is 16.7. The van der Waals surface area contributed by atoms with Gasteiger partial charge in [-0.25, -0.2) is 0 Å². The number of nitrogens with zero attached hydrogens (tertiary/aromatic N) is 5. The van der Waals surface area contributed by atoms with E-state index in [1.807, 2.05) is 11.6 Å². The quantitative estimate of drug-likeness (QED) is 0.848. The van der Waals surface area contributed by atoms with Crippen molar-refractivity contribution in [3.05, 3.63) is 29.2 Å². The fourth-order valence-corrected chi connectivity index (χ4v) is 4.05. The fraction of sp³-hybridized carbons (Fsp3) is 0.722. The van der Waals surface area contributed by atoms with Gasteiger partial charge in [-0.15, -0.1) is 0 Å². The summed E-state index contributed by atoms with van der Waals surface area (Å²) in [6.45, 7) is 9.01. The second-order valence-corrected chi connectivity index (χ2v) is 7.44. The highest BCUT2D eigenvalue weighted by Gasteiger charge is 2.33. The van der Waals surface area contributed by atoms with Crippen LogP contribution in [0.25, 0.3) is 0 Å². The van der Waals surface area contributed by atoms with Crippen LogP contribution in [-0.4, -0.2) is 50.6 Å². The lowest BCUT2D eigenvalue weighted by Gasteiger charge is -2.41. The zero-order valence-corrected chi connectivity index (χ0v) is 15.3. The average molecular weight is 345 g/mol. The number of aryl methyl sites for hydroxylation is 2. The Kier molecular flexibility index (Phi) is 4.60. The van der Waals surface area contributed by atoms with E-state index in [9.17, 15) is 0 Å². The third kappa shape index (κ3) is 3.48. The van der Waals surface area contributed by atoms with Gasteiger partial charge < -0.3 is 9.26 Å². The van der Waals surface area contributed by atoms with E-state index < -0.39 is 0 Å². The number of rotatable bonds is 4. The molecule has 0 radical (unpaired) electrons. The molecule has 4 rings (SSSR count). The molecule has 2 aromatic heterocycles. The predicted molar refractivity (Wildman–Crippen MR) is 92.3 cm³/mol. The van der Waals surface area contributed by atoms with Crippen LogP contribution in [0.3, 0.4) is 0 Å². The van der Waals surface area contributed by atoms with Gasteiger partial charge >= 0.3 is 0 Å². The summed E-state index contributed by atoms with van der Waals surface area (Å²) in [7, 11) is 0. The van der Waals surface area contributed by atoms with Gasteiger partial charge in [-0.3, -0.25) is 9.58 Å². The Morgan fingerprint density at radius 1 is 1.32 bits per heavy atom. The Morgan fingerprint density at radius 2 is 2.20 bits per heavy atom. The molecule has 7 nitrogen and oxygen atoms in total. The van der Waals surface area contributed by atoms with Crippen LogP contribution in [-0.2, 0) is 11.2 Å². The van der Waals surface area contributed by atoms with Crippen molar-refractivity contribution in [1.82, 2.24) is 24.8 Å². The van der Waals surface area contributed by atoms with E-state index in [1.54, 1.807) is 0 Å². The topological polar surface area (TPSA) is 69.2 Å². The molecule has 0 N–H and O–H groups in total. The molecule has 0 aliphatic carbocycles. The van der Waals surface area contributed by atoms with Gasteiger partial charge in [0.1, 0.15) is 6.10 Å². The van der Waals surface area contributed by atoms with E-state index in [-0.39, 0.29) is 12.1 Å². The van der Waals surface area contributed by atoms with Crippen LogP contribution in [0.5, 0.6) is 0 Å². The maximum absolute atomic E-state index is 6.01. The number of aromatic nitrogens is 4. The molecule has 2 aromatic rings. The largest absolute Gasteiger partial charge is 0.367 e. The molecule has 2 unspecified atom stereocenters. The minimum absolute atomic E-state index is 0.0733. The number of ether oxygens (including phenoxy) is 1.